The van der Waals surface area contributed by atoms with Crippen LogP contribution in [0.3, 0.4) is 0 Å². The molecule has 0 spiro atoms. The third kappa shape index (κ3) is 4.01. The molecule has 1 aromatic carbocycles. The Labute approximate surface area is 152 Å². The molecule has 0 bridgehead atoms. The first kappa shape index (κ1) is 19.0. The molecule has 1 heterocycles. The summed E-state index contributed by atoms with van der Waals surface area (Å²) >= 11 is 3.21. The van der Waals surface area contributed by atoms with Crippen LogP contribution < -0.4 is 10.4 Å². The van der Waals surface area contributed by atoms with Crippen LogP contribution in [0.1, 0.15) is 32.8 Å². The molecule has 0 aliphatic carbocycles. The molecule has 0 saturated carbocycles. The molecule has 0 amide bonds. The van der Waals surface area contributed by atoms with Gasteiger partial charge in [0.15, 0.2) is 0 Å². The minimum atomic E-state index is -0.362. The van der Waals surface area contributed by atoms with Crippen molar-refractivity contribution < 1.29 is 13.6 Å². The molecule has 0 fully saturated rings. The first-order valence-corrected chi connectivity index (χ1v) is 9.46. The maximum atomic E-state index is 11.7. The minimum Gasteiger partial charge on any atom is -0.493 e. The fourth-order valence-corrected chi connectivity index (χ4v) is 3.49. The first-order valence-electron chi connectivity index (χ1n) is 8.67. The van der Waals surface area contributed by atoms with Gasteiger partial charge in [-0.1, -0.05) is 0 Å². The van der Waals surface area contributed by atoms with E-state index >= 15 is 0 Å². The molecule has 1 aromatic heterocycles. The van der Waals surface area contributed by atoms with E-state index in [1.54, 1.807) is 6.07 Å². The summed E-state index contributed by atoms with van der Waals surface area (Å²) in [7, 11) is 0. The van der Waals surface area contributed by atoms with Crippen LogP contribution in [-0.4, -0.2) is 37.3 Å². The van der Waals surface area contributed by atoms with Crippen LogP contribution in [0.2, 0.25) is 0 Å². The quantitative estimate of drug-likeness (QED) is 0.374. The van der Waals surface area contributed by atoms with Crippen molar-refractivity contribution in [2.75, 3.05) is 32.8 Å². The summed E-state index contributed by atoms with van der Waals surface area (Å²) in [5.74, 6) is 0.788. The largest absolute Gasteiger partial charge is 0.493 e. The lowest BCUT2D eigenvalue weighted by atomic mass is 10.1. The average Bonchev–Trinajstić information content (AvgIpc) is 2.59. The number of aryl methyl sites for hydroxylation is 1. The lowest BCUT2D eigenvalue weighted by Gasteiger charge is -2.35. The second-order valence-corrected chi connectivity index (χ2v) is 7.06. The Bertz CT molecular complexity index is 742. The van der Waals surface area contributed by atoms with E-state index in [9.17, 15) is 4.79 Å². The number of hydrogen-bond acceptors (Lipinski definition) is 3. The van der Waals surface area contributed by atoms with E-state index in [0.29, 0.717) is 16.7 Å². The van der Waals surface area contributed by atoms with Gasteiger partial charge in [-0.25, -0.2) is 4.79 Å². The van der Waals surface area contributed by atoms with Gasteiger partial charge in [0.1, 0.15) is 15.8 Å². The topological polar surface area (TPSA) is 39.4 Å². The molecule has 0 radical (unpaired) electrons. The second-order valence-electron chi connectivity index (χ2n) is 6.20. The second kappa shape index (κ2) is 8.17. The molecule has 2 rings (SSSR count). The summed E-state index contributed by atoms with van der Waals surface area (Å²) in [6, 6.07) is 5.66. The highest BCUT2D eigenvalue weighted by Gasteiger charge is 2.20. The molecule has 4 nitrogen and oxygen atoms in total. The smallest absolute Gasteiger partial charge is 0.350 e. The normalized spacial score (nSPS) is 11.9. The van der Waals surface area contributed by atoms with Gasteiger partial charge in [-0.3, -0.25) is 0 Å². The molecular weight excluding hydrogens is 370 g/mol. The van der Waals surface area contributed by atoms with E-state index in [4.69, 9.17) is 9.15 Å². The number of fused-ring (bicyclic) bond motifs is 1. The highest BCUT2D eigenvalue weighted by Crippen LogP contribution is 2.27. The number of halogens is 1. The van der Waals surface area contributed by atoms with Crippen molar-refractivity contribution in [2.24, 2.45) is 0 Å². The number of benzene rings is 1. The fraction of sp³-hybridized carbons (Fsp3) is 0.526. The molecule has 0 unspecified atom stereocenters. The maximum Gasteiger partial charge on any atom is 0.350 e. The van der Waals surface area contributed by atoms with Gasteiger partial charge >= 0.3 is 5.63 Å². The van der Waals surface area contributed by atoms with Crippen molar-refractivity contribution in [3.63, 3.8) is 0 Å². The van der Waals surface area contributed by atoms with Crippen LogP contribution in [0.15, 0.2) is 31.9 Å². The first-order chi connectivity index (χ1) is 11.5. The SMILES string of the molecule is CC[N+](CC)(CC)CCCOc1ccc2cc(Br)c(=O)oc2c1C. The van der Waals surface area contributed by atoms with Crippen LogP contribution in [0.4, 0.5) is 0 Å². The standard InChI is InChI=1S/C19H27BrNO3/c1-5-21(6-2,7-3)11-8-12-23-17-10-9-15-13-16(20)19(22)24-18(15)14(17)4/h9-10,13H,5-8,11-12H2,1-4H3/q+1. The average molecular weight is 397 g/mol. The summed E-state index contributed by atoms with van der Waals surface area (Å²) in [5, 5.41) is 0.893. The van der Waals surface area contributed by atoms with Crippen molar-refractivity contribution in [3.05, 3.63) is 38.7 Å². The van der Waals surface area contributed by atoms with Gasteiger partial charge in [0, 0.05) is 17.4 Å². The molecule has 2 aromatic rings. The van der Waals surface area contributed by atoms with Crippen LogP contribution in [0.25, 0.3) is 11.0 Å². The van der Waals surface area contributed by atoms with Crippen molar-refractivity contribution >= 4 is 26.9 Å². The summed E-state index contributed by atoms with van der Waals surface area (Å²) in [5.41, 5.74) is 1.11. The molecule has 132 valence electrons. The Kier molecular flexibility index (Phi) is 6.47. The lowest BCUT2D eigenvalue weighted by molar-refractivity contribution is -0.923. The van der Waals surface area contributed by atoms with Gasteiger partial charge in [-0.2, -0.15) is 0 Å². The molecule has 0 saturated heterocycles. The number of ether oxygens (including phenoxy) is 1. The third-order valence-corrected chi connectivity index (χ3v) is 5.66. The highest BCUT2D eigenvalue weighted by molar-refractivity contribution is 9.10. The fourth-order valence-electron chi connectivity index (χ4n) is 3.16. The molecule has 0 aliphatic rings. The summed E-state index contributed by atoms with van der Waals surface area (Å²) < 4.78 is 12.9. The highest BCUT2D eigenvalue weighted by atomic mass is 79.9. The van der Waals surface area contributed by atoms with Crippen LogP contribution >= 0.6 is 15.9 Å². The number of nitrogens with zero attached hydrogens (tertiary/aromatic N) is 1. The van der Waals surface area contributed by atoms with Gasteiger partial charge in [-0.15, -0.1) is 0 Å². The molecule has 24 heavy (non-hydrogen) atoms. The van der Waals surface area contributed by atoms with E-state index in [1.165, 1.54) is 0 Å². The zero-order chi connectivity index (χ0) is 17.7. The Balaban J connectivity index is 2.07. The molecule has 0 aliphatic heterocycles. The minimum absolute atomic E-state index is 0.362. The summed E-state index contributed by atoms with van der Waals surface area (Å²) in [4.78, 5) is 11.7. The van der Waals surface area contributed by atoms with Crippen molar-refractivity contribution in [2.45, 2.75) is 34.1 Å². The summed E-state index contributed by atoms with van der Waals surface area (Å²) in [6.07, 6.45) is 1.01. The van der Waals surface area contributed by atoms with E-state index in [0.717, 1.165) is 53.8 Å². The Morgan fingerprint density at radius 2 is 1.83 bits per heavy atom. The maximum absolute atomic E-state index is 11.7. The van der Waals surface area contributed by atoms with Gasteiger partial charge in [0.25, 0.3) is 0 Å². The third-order valence-electron chi connectivity index (χ3n) is 5.11. The van der Waals surface area contributed by atoms with Gasteiger partial charge in [0.05, 0.1) is 32.8 Å². The van der Waals surface area contributed by atoms with E-state index in [1.807, 2.05) is 19.1 Å². The predicted molar refractivity (Wildman–Crippen MR) is 102 cm³/mol. The number of quaternary nitrogens is 1. The molecular formula is C19H27BrNO3+. The van der Waals surface area contributed by atoms with E-state index in [-0.39, 0.29) is 5.63 Å². The zero-order valence-corrected chi connectivity index (χ0v) is 16.6. The van der Waals surface area contributed by atoms with E-state index in [2.05, 4.69) is 36.7 Å². The van der Waals surface area contributed by atoms with Crippen LogP contribution in [-0.2, 0) is 0 Å². The van der Waals surface area contributed by atoms with E-state index < -0.39 is 0 Å². The van der Waals surface area contributed by atoms with Gasteiger partial charge in [-0.05, 0) is 61.8 Å². The Morgan fingerprint density at radius 3 is 2.46 bits per heavy atom. The van der Waals surface area contributed by atoms with Gasteiger partial charge in [0.2, 0.25) is 0 Å². The zero-order valence-electron chi connectivity index (χ0n) is 15.0. The molecule has 5 heteroatoms. The lowest BCUT2D eigenvalue weighted by Crippen LogP contribution is -2.48. The van der Waals surface area contributed by atoms with Crippen molar-refractivity contribution in [1.29, 1.82) is 0 Å². The summed E-state index contributed by atoms with van der Waals surface area (Å²) in [6.45, 7) is 13.9. The molecule has 0 N–H and O–H groups in total. The number of hydrogen-bond donors (Lipinski definition) is 0. The Morgan fingerprint density at radius 1 is 1.17 bits per heavy atom. The monoisotopic (exact) mass is 396 g/mol. The van der Waals surface area contributed by atoms with Crippen molar-refractivity contribution in [3.8, 4) is 5.75 Å². The van der Waals surface area contributed by atoms with Crippen LogP contribution in [0.5, 0.6) is 5.75 Å². The van der Waals surface area contributed by atoms with Crippen molar-refractivity contribution in [1.82, 2.24) is 0 Å². The predicted octanol–water partition coefficient (Wildman–Crippen LogP) is 4.51. The Hall–Kier alpha value is -1.33. The van der Waals surface area contributed by atoms with Gasteiger partial charge < -0.3 is 13.6 Å². The molecule has 0 atom stereocenters. The van der Waals surface area contributed by atoms with Crippen LogP contribution in [0, 0.1) is 6.92 Å². The number of rotatable bonds is 8.